The van der Waals surface area contributed by atoms with E-state index < -0.39 is 6.10 Å². The van der Waals surface area contributed by atoms with Crippen LogP contribution in [0.1, 0.15) is 12.0 Å². The molecule has 0 bridgehead atoms. The molecule has 2 aliphatic rings. The fourth-order valence-electron chi connectivity index (χ4n) is 2.84. The summed E-state index contributed by atoms with van der Waals surface area (Å²) in [6.07, 6.45) is 0.815. The molecule has 0 saturated carbocycles. The molecule has 1 aromatic carbocycles. The van der Waals surface area contributed by atoms with Crippen LogP contribution in [0.15, 0.2) is 24.3 Å². The number of benzene rings is 1. The Morgan fingerprint density at radius 2 is 2.15 bits per heavy atom. The number of amides is 1. The smallest absolute Gasteiger partial charge is 0.310 e. The Labute approximate surface area is 117 Å². The second-order valence-corrected chi connectivity index (χ2v) is 5.21. The number of likely N-dealkylation sites (tertiary alicyclic amines) is 1. The van der Waals surface area contributed by atoms with Crippen LogP contribution >= 0.6 is 0 Å². The van der Waals surface area contributed by atoms with E-state index in [0.29, 0.717) is 25.9 Å². The number of rotatable bonds is 2. The zero-order valence-corrected chi connectivity index (χ0v) is 11.4. The predicted octanol–water partition coefficient (Wildman–Crippen LogP) is 1.01. The molecule has 0 spiro atoms. The number of hydrogen-bond donors (Lipinski definition) is 0. The van der Waals surface area contributed by atoms with Crippen molar-refractivity contribution in [1.82, 2.24) is 4.90 Å². The van der Waals surface area contributed by atoms with E-state index in [9.17, 15) is 9.59 Å². The summed E-state index contributed by atoms with van der Waals surface area (Å²) in [6.45, 7) is 1.02. The molecule has 1 fully saturated rings. The summed E-state index contributed by atoms with van der Waals surface area (Å²) in [5, 5.41) is 0. The highest BCUT2D eigenvalue weighted by atomic mass is 16.5. The number of esters is 1. The van der Waals surface area contributed by atoms with E-state index in [-0.39, 0.29) is 17.8 Å². The van der Waals surface area contributed by atoms with Crippen LogP contribution in [0.4, 0.5) is 0 Å². The summed E-state index contributed by atoms with van der Waals surface area (Å²) < 4.78 is 10.4. The molecular formula is C15H17NO4. The highest BCUT2D eigenvalue weighted by molar-refractivity contribution is 5.84. The van der Waals surface area contributed by atoms with Gasteiger partial charge < -0.3 is 14.4 Å². The summed E-state index contributed by atoms with van der Waals surface area (Å²) >= 11 is 0. The molecule has 1 amide bonds. The molecule has 0 radical (unpaired) electrons. The average molecular weight is 275 g/mol. The topological polar surface area (TPSA) is 55.8 Å². The Morgan fingerprint density at radius 3 is 2.90 bits per heavy atom. The van der Waals surface area contributed by atoms with Gasteiger partial charge in [-0.05, 0) is 18.1 Å². The lowest BCUT2D eigenvalue weighted by molar-refractivity contribution is -0.145. The van der Waals surface area contributed by atoms with E-state index in [2.05, 4.69) is 0 Å². The second kappa shape index (κ2) is 5.15. The third-order valence-corrected chi connectivity index (χ3v) is 3.96. The summed E-state index contributed by atoms with van der Waals surface area (Å²) in [5.41, 5.74) is 1.06. The fourth-order valence-corrected chi connectivity index (χ4v) is 2.84. The SMILES string of the molecule is COC(=O)C1CCN(C(=O)C2Cc3ccccc3O2)C1. The van der Waals surface area contributed by atoms with Crippen LogP contribution in [-0.4, -0.2) is 43.1 Å². The quantitative estimate of drug-likeness (QED) is 0.756. The van der Waals surface area contributed by atoms with E-state index in [1.165, 1.54) is 7.11 Å². The highest BCUT2D eigenvalue weighted by Crippen LogP contribution is 2.30. The van der Waals surface area contributed by atoms with Gasteiger partial charge in [-0.1, -0.05) is 18.2 Å². The highest BCUT2D eigenvalue weighted by Gasteiger charge is 2.37. The normalized spacial score (nSPS) is 24.1. The van der Waals surface area contributed by atoms with E-state index in [1.54, 1.807) is 4.90 Å². The Morgan fingerprint density at radius 1 is 1.35 bits per heavy atom. The summed E-state index contributed by atoms with van der Waals surface area (Å²) in [4.78, 5) is 25.6. The van der Waals surface area contributed by atoms with Crippen molar-refractivity contribution in [2.75, 3.05) is 20.2 Å². The number of para-hydroxylation sites is 1. The second-order valence-electron chi connectivity index (χ2n) is 5.21. The van der Waals surface area contributed by atoms with Crippen molar-refractivity contribution in [3.63, 3.8) is 0 Å². The third-order valence-electron chi connectivity index (χ3n) is 3.96. The molecular weight excluding hydrogens is 258 g/mol. The molecule has 2 atom stereocenters. The first-order chi connectivity index (χ1) is 9.69. The standard InChI is InChI=1S/C15H17NO4/c1-19-15(18)11-6-7-16(9-11)14(17)13-8-10-4-2-3-5-12(10)20-13/h2-5,11,13H,6-9H2,1H3. The van der Waals surface area contributed by atoms with Gasteiger partial charge in [0.25, 0.3) is 5.91 Å². The van der Waals surface area contributed by atoms with Crippen molar-refractivity contribution < 1.29 is 19.1 Å². The maximum absolute atomic E-state index is 12.4. The number of hydrogen-bond acceptors (Lipinski definition) is 4. The Hall–Kier alpha value is -2.04. The number of ether oxygens (including phenoxy) is 2. The number of carbonyl (C=O) groups is 2. The zero-order chi connectivity index (χ0) is 14.1. The lowest BCUT2D eigenvalue weighted by Crippen LogP contribution is -2.40. The van der Waals surface area contributed by atoms with Gasteiger partial charge in [-0.15, -0.1) is 0 Å². The molecule has 106 valence electrons. The summed E-state index contributed by atoms with van der Waals surface area (Å²) in [7, 11) is 1.38. The number of fused-ring (bicyclic) bond motifs is 1. The molecule has 3 rings (SSSR count). The first-order valence-corrected chi connectivity index (χ1v) is 6.80. The van der Waals surface area contributed by atoms with Crippen LogP contribution in [0.2, 0.25) is 0 Å². The van der Waals surface area contributed by atoms with Crippen molar-refractivity contribution in [3.8, 4) is 5.75 Å². The molecule has 1 saturated heterocycles. The lowest BCUT2D eigenvalue weighted by Gasteiger charge is -2.20. The van der Waals surface area contributed by atoms with E-state index in [4.69, 9.17) is 9.47 Å². The van der Waals surface area contributed by atoms with Gasteiger partial charge in [0.2, 0.25) is 0 Å². The van der Waals surface area contributed by atoms with Gasteiger partial charge in [-0.2, -0.15) is 0 Å². The monoisotopic (exact) mass is 275 g/mol. The molecule has 5 nitrogen and oxygen atoms in total. The van der Waals surface area contributed by atoms with Gasteiger partial charge in [0.1, 0.15) is 5.75 Å². The predicted molar refractivity (Wildman–Crippen MR) is 71.3 cm³/mol. The minimum Gasteiger partial charge on any atom is -0.480 e. The van der Waals surface area contributed by atoms with Crippen LogP contribution in [0.5, 0.6) is 5.75 Å². The number of carbonyl (C=O) groups excluding carboxylic acids is 2. The van der Waals surface area contributed by atoms with Crippen LogP contribution in [0, 0.1) is 5.92 Å². The van der Waals surface area contributed by atoms with Crippen LogP contribution in [-0.2, 0) is 20.7 Å². The van der Waals surface area contributed by atoms with E-state index in [0.717, 1.165) is 11.3 Å². The molecule has 0 aromatic heterocycles. The molecule has 1 aromatic rings. The maximum atomic E-state index is 12.4. The largest absolute Gasteiger partial charge is 0.480 e. The molecule has 2 unspecified atom stereocenters. The molecule has 2 heterocycles. The maximum Gasteiger partial charge on any atom is 0.310 e. The lowest BCUT2D eigenvalue weighted by atomic mass is 10.1. The van der Waals surface area contributed by atoms with Crippen molar-refractivity contribution in [3.05, 3.63) is 29.8 Å². The molecule has 20 heavy (non-hydrogen) atoms. The van der Waals surface area contributed by atoms with Crippen LogP contribution < -0.4 is 4.74 Å². The Balaban J connectivity index is 1.63. The zero-order valence-electron chi connectivity index (χ0n) is 11.4. The van der Waals surface area contributed by atoms with Gasteiger partial charge >= 0.3 is 5.97 Å². The van der Waals surface area contributed by atoms with Gasteiger partial charge in [0.15, 0.2) is 6.10 Å². The first-order valence-electron chi connectivity index (χ1n) is 6.80. The fraction of sp³-hybridized carbons (Fsp3) is 0.467. The number of nitrogens with zero attached hydrogens (tertiary/aromatic N) is 1. The van der Waals surface area contributed by atoms with Gasteiger partial charge in [-0.25, -0.2) is 0 Å². The first kappa shape index (κ1) is 13.0. The van der Waals surface area contributed by atoms with Crippen molar-refractivity contribution in [2.45, 2.75) is 18.9 Å². The Kier molecular flexibility index (Phi) is 3.34. The van der Waals surface area contributed by atoms with Crippen LogP contribution in [0.25, 0.3) is 0 Å². The summed E-state index contributed by atoms with van der Waals surface area (Å²) in [6, 6.07) is 7.70. The van der Waals surface area contributed by atoms with E-state index >= 15 is 0 Å². The third kappa shape index (κ3) is 2.24. The molecule has 0 N–H and O–H groups in total. The van der Waals surface area contributed by atoms with Crippen molar-refractivity contribution in [1.29, 1.82) is 0 Å². The molecule has 5 heteroatoms. The van der Waals surface area contributed by atoms with E-state index in [1.807, 2.05) is 24.3 Å². The minimum atomic E-state index is -0.455. The van der Waals surface area contributed by atoms with Gasteiger partial charge in [0, 0.05) is 19.5 Å². The van der Waals surface area contributed by atoms with Crippen molar-refractivity contribution >= 4 is 11.9 Å². The van der Waals surface area contributed by atoms with Gasteiger partial charge in [-0.3, -0.25) is 9.59 Å². The molecule has 2 aliphatic heterocycles. The molecule has 0 aliphatic carbocycles. The van der Waals surface area contributed by atoms with Gasteiger partial charge in [0.05, 0.1) is 13.0 Å². The Bertz CT molecular complexity index is 517. The van der Waals surface area contributed by atoms with Crippen molar-refractivity contribution in [2.24, 2.45) is 5.92 Å². The average Bonchev–Trinajstić information content (AvgIpc) is 3.12. The van der Waals surface area contributed by atoms with Crippen LogP contribution in [0.3, 0.4) is 0 Å². The minimum absolute atomic E-state index is 0.0346. The summed E-state index contributed by atoms with van der Waals surface area (Å²) in [5.74, 6) is 0.311. The number of methoxy groups -OCH3 is 1.